The van der Waals surface area contributed by atoms with Crippen molar-refractivity contribution < 1.29 is 20.1 Å². The van der Waals surface area contributed by atoms with Gasteiger partial charge in [0.2, 0.25) is 5.95 Å². The van der Waals surface area contributed by atoms with Crippen molar-refractivity contribution in [3.8, 4) is 11.5 Å². The van der Waals surface area contributed by atoms with Gasteiger partial charge in [-0.05, 0) is 42.3 Å². The predicted molar refractivity (Wildman–Crippen MR) is 126 cm³/mol. The van der Waals surface area contributed by atoms with Gasteiger partial charge in [-0.15, -0.1) is 0 Å². The van der Waals surface area contributed by atoms with E-state index < -0.39 is 23.9 Å². The Balaban J connectivity index is 1.37. The maximum absolute atomic E-state index is 10.5. The van der Waals surface area contributed by atoms with Crippen molar-refractivity contribution in [2.24, 2.45) is 5.92 Å². The summed E-state index contributed by atoms with van der Waals surface area (Å²) >= 11 is 6.35. The third-order valence-electron chi connectivity index (χ3n) is 6.22. The second-order valence-electron chi connectivity index (χ2n) is 8.33. The van der Waals surface area contributed by atoms with Gasteiger partial charge in [-0.3, -0.25) is 0 Å². The maximum Gasteiger partial charge on any atom is 0.223 e. The molecule has 8 nitrogen and oxygen atoms in total. The van der Waals surface area contributed by atoms with Crippen LogP contribution in [0.3, 0.4) is 0 Å². The standard InChI is InChI=1S/C24H23ClN4O4/c25-21-16(10-9-13-5-4-8-15(11-13)33-14-6-2-1-3-7-14)22(29-23(26)28-21)27-18-12-17-19(30)24(17,32)20(18)31/h1-11,17-20,30-32H,12H2,(H3,26,27,28,29). The van der Waals surface area contributed by atoms with Crippen molar-refractivity contribution in [2.45, 2.75) is 30.3 Å². The lowest BCUT2D eigenvalue weighted by atomic mass is 10.1. The van der Waals surface area contributed by atoms with Gasteiger partial charge in [-0.2, -0.15) is 4.98 Å². The normalized spacial score (nSPS) is 28.0. The molecular weight excluding hydrogens is 444 g/mol. The number of nitrogens with one attached hydrogen (secondary N) is 1. The summed E-state index contributed by atoms with van der Waals surface area (Å²) in [6, 6.07) is 16.5. The Morgan fingerprint density at radius 1 is 1.03 bits per heavy atom. The molecule has 0 bridgehead atoms. The Bertz CT molecular complexity index is 1210. The molecule has 33 heavy (non-hydrogen) atoms. The Hall–Kier alpha value is -3.17. The van der Waals surface area contributed by atoms with Crippen molar-refractivity contribution in [3.05, 3.63) is 70.9 Å². The summed E-state index contributed by atoms with van der Waals surface area (Å²) in [6.07, 6.45) is 1.93. The summed E-state index contributed by atoms with van der Waals surface area (Å²) in [7, 11) is 0. The number of ether oxygens (including phenoxy) is 1. The van der Waals surface area contributed by atoms with Gasteiger partial charge in [0.15, 0.2) is 0 Å². The average molecular weight is 467 g/mol. The van der Waals surface area contributed by atoms with Crippen LogP contribution in [-0.2, 0) is 0 Å². The van der Waals surface area contributed by atoms with E-state index in [0.717, 1.165) is 11.3 Å². The lowest BCUT2D eigenvalue weighted by Crippen LogP contribution is -2.42. The highest BCUT2D eigenvalue weighted by Gasteiger charge is 2.74. The average Bonchev–Trinajstić information content (AvgIpc) is 3.20. The van der Waals surface area contributed by atoms with Crippen molar-refractivity contribution in [1.82, 2.24) is 9.97 Å². The summed E-state index contributed by atoms with van der Waals surface area (Å²) in [5, 5.41) is 33.9. The molecule has 5 rings (SSSR count). The van der Waals surface area contributed by atoms with Crippen LogP contribution in [0.15, 0.2) is 54.6 Å². The fourth-order valence-corrected chi connectivity index (χ4v) is 4.64. The number of hydrogen-bond acceptors (Lipinski definition) is 8. The largest absolute Gasteiger partial charge is 0.457 e. The van der Waals surface area contributed by atoms with Gasteiger partial charge in [-0.1, -0.05) is 48.0 Å². The quantitative estimate of drug-likeness (QED) is 0.350. The van der Waals surface area contributed by atoms with Gasteiger partial charge in [0, 0.05) is 5.92 Å². The second kappa shape index (κ2) is 8.31. The van der Waals surface area contributed by atoms with Crippen LogP contribution >= 0.6 is 11.6 Å². The molecule has 0 radical (unpaired) electrons. The number of benzene rings is 2. The number of hydrogen-bond donors (Lipinski definition) is 5. The van der Waals surface area contributed by atoms with Gasteiger partial charge in [0.1, 0.15) is 34.2 Å². The Morgan fingerprint density at radius 2 is 1.79 bits per heavy atom. The highest BCUT2D eigenvalue weighted by molar-refractivity contribution is 6.31. The zero-order valence-corrected chi connectivity index (χ0v) is 18.2. The fraction of sp³-hybridized carbons (Fsp3) is 0.250. The van der Waals surface area contributed by atoms with E-state index in [-0.39, 0.29) is 17.0 Å². The third-order valence-corrected chi connectivity index (χ3v) is 6.51. The van der Waals surface area contributed by atoms with Crippen molar-refractivity contribution in [1.29, 1.82) is 0 Å². The number of anilines is 2. The van der Waals surface area contributed by atoms with E-state index in [1.807, 2.05) is 60.7 Å². The van der Waals surface area contributed by atoms with Crippen molar-refractivity contribution in [2.75, 3.05) is 11.1 Å². The van der Waals surface area contributed by atoms with Gasteiger partial charge in [0.25, 0.3) is 0 Å². The molecule has 9 heteroatoms. The molecule has 2 fully saturated rings. The van der Waals surface area contributed by atoms with Gasteiger partial charge < -0.3 is 31.1 Å². The lowest BCUT2D eigenvalue weighted by molar-refractivity contribution is -0.0262. The molecular formula is C24H23ClN4O4. The number of para-hydroxylation sites is 1. The molecule has 2 aliphatic carbocycles. The van der Waals surface area contributed by atoms with Crippen LogP contribution in [0.25, 0.3) is 12.2 Å². The number of nitrogens with two attached hydrogens (primary N) is 1. The highest BCUT2D eigenvalue weighted by atomic mass is 35.5. The molecule has 0 spiro atoms. The molecule has 3 aromatic rings. The molecule has 6 N–H and O–H groups in total. The minimum atomic E-state index is -1.48. The zero-order chi connectivity index (χ0) is 23.2. The molecule has 2 aliphatic rings. The summed E-state index contributed by atoms with van der Waals surface area (Å²) in [6.45, 7) is 0. The van der Waals surface area contributed by atoms with E-state index in [1.165, 1.54) is 0 Å². The van der Waals surface area contributed by atoms with Crippen LogP contribution in [0, 0.1) is 5.92 Å². The number of rotatable bonds is 6. The van der Waals surface area contributed by atoms with Crippen LogP contribution in [0.2, 0.25) is 5.15 Å². The van der Waals surface area contributed by atoms with Gasteiger partial charge >= 0.3 is 0 Å². The first kappa shape index (κ1) is 21.7. The van der Waals surface area contributed by atoms with Gasteiger partial charge in [0.05, 0.1) is 17.7 Å². The predicted octanol–water partition coefficient (Wildman–Crippen LogP) is 2.94. The van der Waals surface area contributed by atoms with Crippen LogP contribution < -0.4 is 15.8 Å². The van der Waals surface area contributed by atoms with Gasteiger partial charge in [-0.25, -0.2) is 4.98 Å². The molecule has 0 amide bonds. The van der Waals surface area contributed by atoms with Crippen LogP contribution in [-0.4, -0.2) is 49.1 Å². The zero-order valence-electron chi connectivity index (χ0n) is 17.5. The smallest absolute Gasteiger partial charge is 0.223 e. The number of fused-ring (bicyclic) bond motifs is 1. The Labute approximate surface area is 195 Å². The molecule has 0 saturated heterocycles. The first-order chi connectivity index (χ1) is 15.9. The molecule has 1 aromatic heterocycles. The lowest BCUT2D eigenvalue weighted by Gasteiger charge is -2.24. The monoisotopic (exact) mass is 466 g/mol. The number of halogens is 1. The van der Waals surface area contributed by atoms with E-state index in [2.05, 4.69) is 15.3 Å². The molecule has 0 aliphatic heterocycles. The van der Waals surface area contributed by atoms with Crippen LogP contribution in [0.4, 0.5) is 11.8 Å². The van der Waals surface area contributed by atoms with E-state index in [4.69, 9.17) is 22.1 Å². The molecule has 5 unspecified atom stereocenters. The fourth-order valence-electron chi connectivity index (χ4n) is 4.40. The van der Waals surface area contributed by atoms with E-state index in [1.54, 1.807) is 6.08 Å². The van der Waals surface area contributed by atoms with Crippen molar-refractivity contribution in [3.63, 3.8) is 0 Å². The minimum absolute atomic E-state index is 0.0192. The van der Waals surface area contributed by atoms with Crippen LogP contribution in [0.1, 0.15) is 17.5 Å². The highest BCUT2D eigenvalue weighted by Crippen LogP contribution is 2.56. The summed E-state index contributed by atoms with van der Waals surface area (Å²) in [5.74, 6) is 1.37. The molecule has 1 heterocycles. The Kier molecular flexibility index (Phi) is 5.46. The van der Waals surface area contributed by atoms with E-state index >= 15 is 0 Å². The number of nitrogens with zero attached hydrogens (tertiary/aromatic N) is 2. The summed E-state index contributed by atoms with van der Waals surface area (Å²) in [5.41, 5.74) is 5.66. The first-order valence-electron chi connectivity index (χ1n) is 10.6. The summed E-state index contributed by atoms with van der Waals surface area (Å²) < 4.78 is 5.88. The number of aliphatic hydroxyl groups excluding tert-OH is 2. The topological polar surface area (TPSA) is 134 Å². The number of nitrogen functional groups attached to an aromatic ring is 1. The third kappa shape index (κ3) is 4.02. The minimum Gasteiger partial charge on any atom is -0.457 e. The summed E-state index contributed by atoms with van der Waals surface area (Å²) in [4.78, 5) is 8.27. The molecule has 170 valence electrons. The van der Waals surface area contributed by atoms with E-state index in [9.17, 15) is 15.3 Å². The van der Waals surface area contributed by atoms with E-state index in [0.29, 0.717) is 23.6 Å². The maximum atomic E-state index is 10.5. The SMILES string of the molecule is Nc1nc(Cl)c(C=Cc2cccc(Oc3ccccc3)c2)c(NC2CC3C(O)C3(O)C2O)n1. The Morgan fingerprint density at radius 3 is 2.52 bits per heavy atom. The molecule has 2 saturated carbocycles. The van der Waals surface area contributed by atoms with Crippen LogP contribution in [0.5, 0.6) is 11.5 Å². The first-order valence-corrected chi connectivity index (χ1v) is 10.9. The molecule has 2 aromatic carbocycles. The molecule has 5 atom stereocenters. The number of aliphatic hydroxyl groups is 3. The number of aromatic nitrogens is 2. The van der Waals surface area contributed by atoms with Crippen molar-refractivity contribution >= 4 is 35.5 Å². The second-order valence-corrected chi connectivity index (χ2v) is 8.68.